The van der Waals surface area contributed by atoms with Crippen molar-refractivity contribution in [2.45, 2.75) is 19.3 Å². The van der Waals surface area contributed by atoms with Crippen LogP contribution in [0.4, 0.5) is 0 Å². The highest BCUT2D eigenvalue weighted by molar-refractivity contribution is 5.85. The van der Waals surface area contributed by atoms with Gasteiger partial charge in [-0.2, -0.15) is 0 Å². The Balaban J connectivity index is 0.00000242. The molecule has 1 aliphatic heterocycles. The number of carbonyl (C=O) groups is 1. The minimum absolute atomic E-state index is 0. The van der Waals surface area contributed by atoms with Crippen LogP contribution < -0.4 is 20.1 Å². The van der Waals surface area contributed by atoms with E-state index in [9.17, 15) is 4.79 Å². The van der Waals surface area contributed by atoms with E-state index in [0.29, 0.717) is 13.2 Å². The van der Waals surface area contributed by atoms with E-state index in [1.807, 2.05) is 24.3 Å². The van der Waals surface area contributed by atoms with Crippen LogP contribution in [0.15, 0.2) is 24.3 Å². The minimum atomic E-state index is 0. The van der Waals surface area contributed by atoms with Gasteiger partial charge in [0.25, 0.3) is 0 Å². The molecule has 1 heterocycles. The average molecular weight is 329 g/mol. The number of carbonyl (C=O) groups excluding carboxylic acids is 1. The van der Waals surface area contributed by atoms with E-state index in [4.69, 9.17) is 9.47 Å². The summed E-state index contributed by atoms with van der Waals surface area (Å²) >= 11 is 0. The van der Waals surface area contributed by atoms with E-state index >= 15 is 0 Å². The van der Waals surface area contributed by atoms with Crippen LogP contribution in [0.25, 0.3) is 0 Å². The summed E-state index contributed by atoms with van der Waals surface area (Å²) in [5, 5.41) is 6.25. The maximum atomic E-state index is 11.9. The van der Waals surface area contributed by atoms with Gasteiger partial charge >= 0.3 is 0 Å². The first-order valence-electron chi connectivity index (χ1n) is 7.55. The molecule has 0 saturated carbocycles. The SMILES string of the molecule is COc1cccc(OCCCNC(=O)C2CCNCC2)c1.Cl. The second-order valence-corrected chi connectivity index (χ2v) is 5.20. The van der Waals surface area contributed by atoms with Crippen LogP contribution in [0.5, 0.6) is 11.5 Å². The second-order valence-electron chi connectivity index (χ2n) is 5.20. The highest BCUT2D eigenvalue weighted by Crippen LogP contribution is 2.18. The molecular formula is C16H25ClN2O3. The smallest absolute Gasteiger partial charge is 0.223 e. The Hall–Kier alpha value is -1.46. The van der Waals surface area contributed by atoms with Crippen molar-refractivity contribution in [3.8, 4) is 11.5 Å². The first-order chi connectivity index (χ1) is 10.3. The molecule has 1 amide bonds. The Morgan fingerprint density at radius 1 is 1.32 bits per heavy atom. The molecule has 6 heteroatoms. The molecule has 2 rings (SSSR count). The summed E-state index contributed by atoms with van der Waals surface area (Å²) in [5.74, 6) is 1.93. The maximum Gasteiger partial charge on any atom is 0.223 e. The Morgan fingerprint density at radius 2 is 2.05 bits per heavy atom. The number of piperidine rings is 1. The van der Waals surface area contributed by atoms with Gasteiger partial charge in [0.1, 0.15) is 11.5 Å². The van der Waals surface area contributed by atoms with E-state index in [1.165, 1.54) is 0 Å². The van der Waals surface area contributed by atoms with Gasteiger partial charge in [-0.05, 0) is 44.5 Å². The molecule has 0 bridgehead atoms. The van der Waals surface area contributed by atoms with Crippen LogP contribution in [0.3, 0.4) is 0 Å². The lowest BCUT2D eigenvalue weighted by atomic mass is 9.97. The largest absolute Gasteiger partial charge is 0.497 e. The van der Waals surface area contributed by atoms with Crippen molar-refractivity contribution in [3.63, 3.8) is 0 Å². The lowest BCUT2D eigenvalue weighted by Crippen LogP contribution is -2.38. The van der Waals surface area contributed by atoms with Crippen LogP contribution in [-0.4, -0.2) is 39.3 Å². The van der Waals surface area contributed by atoms with E-state index in [-0.39, 0.29) is 24.2 Å². The summed E-state index contributed by atoms with van der Waals surface area (Å²) in [6, 6.07) is 7.53. The summed E-state index contributed by atoms with van der Waals surface area (Å²) < 4.78 is 10.8. The van der Waals surface area contributed by atoms with Gasteiger partial charge in [-0.1, -0.05) is 6.07 Å². The maximum absolute atomic E-state index is 11.9. The number of halogens is 1. The van der Waals surface area contributed by atoms with Crippen LogP contribution in [0.1, 0.15) is 19.3 Å². The summed E-state index contributed by atoms with van der Waals surface area (Å²) in [6.07, 6.45) is 2.67. The van der Waals surface area contributed by atoms with Gasteiger partial charge in [-0.25, -0.2) is 0 Å². The fraction of sp³-hybridized carbons (Fsp3) is 0.562. The first kappa shape index (κ1) is 18.6. The highest BCUT2D eigenvalue weighted by atomic mass is 35.5. The Kier molecular flexibility index (Phi) is 8.70. The number of amides is 1. The predicted octanol–water partition coefficient (Wildman–Crippen LogP) is 2.00. The van der Waals surface area contributed by atoms with E-state index in [1.54, 1.807) is 7.11 Å². The van der Waals surface area contributed by atoms with Gasteiger partial charge in [-0.3, -0.25) is 4.79 Å². The zero-order valence-corrected chi connectivity index (χ0v) is 13.8. The lowest BCUT2D eigenvalue weighted by molar-refractivity contribution is -0.125. The van der Waals surface area contributed by atoms with Gasteiger partial charge in [0.15, 0.2) is 0 Å². The van der Waals surface area contributed by atoms with Crippen molar-refractivity contribution in [3.05, 3.63) is 24.3 Å². The molecule has 0 aromatic heterocycles. The monoisotopic (exact) mass is 328 g/mol. The predicted molar refractivity (Wildman–Crippen MR) is 89.0 cm³/mol. The number of rotatable bonds is 7. The third-order valence-corrected chi connectivity index (χ3v) is 3.64. The molecule has 1 aromatic carbocycles. The van der Waals surface area contributed by atoms with Crippen molar-refractivity contribution >= 4 is 18.3 Å². The molecule has 0 spiro atoms. The molecule has 1 saturated heterocycles. The fourth-order valence-electron chi connectivity index (χ4n) is 2.39. The number of ether oxygens (including phenoxy) is 2. The van der Waals surface area contributed by atoms with Crippen LogP contribution in [-0.2, 0) is 4.79 Å². The third kappa shape index (κ3) is 6.12. The molecule has 1 aliphatic rings. The Labute approximate surface area is 138 Å². The zero-order chi connectivity index (χ0) is 14.9. The van der Waals surface area contributed by atoms with Gasteiger partial charge < -0.3 is 20.1 Å². The van der Waals surface area contributed by atoms with Crippen LogP contribution >= 0.6 is 12.4 Å². The van der Waals surface area contributed by atoms with E-state index in [0.717, 1.165) is 43.9 Å². The topological polar surface area (TPSA) is 59.6 Å². The summed E-state index contributed by atoms with van der Waals surface area (Å²) in [5.41, 5.74) is 0. The molecule has 0 aliphatic carbocycles. The molecule has 5 nitrogen and oxygen atoms in total. The number of benzene rings is 1. The Bertz CT molecular complexity index is 451. The van der Waals surface area contributed by atoms with Crippen LogP contribution in [0.2, 0.25) is 0 Å². The second kappa shape index (κ2) is 10.3. The third-order valence-electron chi connectivity index (χ3n) is 3.64. The fourth-order valence-corrected chi connectivity index (χ4v) is 2.39. The van der Waals surface area contributed by atoms with Crippen LogP contribution in [0, 0.1) is 5.92 Å². The van der Waals surface area contributed by atoms with Gasteiger partial charge in [-0.15, -0.1) is 12.4 Å². The molecule has 1 fully saturated rings. The van der Waals surface area contributed by atoms with Crippen molar-refractivity contribution < 1.29 is 14.3 Å². The molecule has 0 unspecified atom stereocenters. The molecule has 0 radical (unpaired) electrons. The van der Waals surface area contributed by atoms with Crippen molar-refractivity contribution in [1.82, 2.24) is 10.6 Å². The van der Waals surface area contributed by atoms with Crippen molar-refractivity contribution in [2.75, 3.05) is 33.4 Å². The quantitative estimate of drug-likeness (QED) is 0.752. The number of hydrogen-bond acceptors (Lipinski definition) is 4. The van der Waals surface area contributed by atoms with Crippen molar-refractivity contribution in [1.29, 1.82) is 0 Å². The molecule has 1 aromatic rings. The van der Waals surface area contributed by atoms with Crippen molar-refractivity contribution in [2.24, 2.45) is 5.92 Å². The summed E-state index contributed by atoms with van der Waals surface area (Å²) in [4.78, 5) is 11.9. The van der Waals surface area contributed by atoms with E-state index in [2.05, 4.69) is 10.6 Å². The standard InChI is InChI=1S/C16H24N2O3.ClH/c1-20-14-4-2-5-15(12-14)21-11-3-8-18-16(19)13-6-9-17-10-7-13;/h2,4-5,12-13,17H,3,6-11H2,1H3,(H,18,19);1H. The molecule has 2 N–H and O–H groups in total. The van der Waals surface area contributed by atoms with Gasteiger partial charge in [0.2, 0.25) is 5.91 Å². The normalized spacial score (nSPS) is 14.8. The van der Waals surface area contributed by atoms with E-state index < -0.39 is 0 Å². The lowest BCUT2D eigenvalue weighted by Gasteiger charge is -2.21. The molecular weight excluding hydrogens is 304 g/mol. The highest BCUT2D eigenvalue weighted by Gasteiger charge is 2.19. The molecule has 22 heavy (non-hydrogen) atoms. The molecule has 124 valence electrons. The van der Waals surface area contributed by atoms with Gasteiger partial charge in [0.05, 0.1) is 13.7 Å². The average Bonchev–Trinajstić information content (AvgIpc) is 2.55. The number of methoxy groups -OCH3 is 1. The first-order valence-corrected chi connectivity index (χ1v) is 7.55. The molecule has 0 atom stereocenters. The minimum Gasteiger partial charge on any atom is -0.497 e. The summed E-state index contributed by atoms with van der Waals surface area (Å²) in [7, 11) is 1.63. The Morgan fingerprint density at radius 3 is 2.77 bits per heavy atom. The number of nitrogens with one attached hydrogen (secondary N) is 2. The number of hydrogen-bond donors (Lipinski definition) is 2. The van der Waals surface area contributed by atoms with Gasteiger partial charge in [0, 0.05) is 18.5 Å². The summed E-state index contributed by atoms with van der Waals surface area (Å²) in [6.45, 7) is 3.13. The zero-order valence-electron chi connectivity index (χ0n) is 13.0.